The van der Waals surface area contributed by atoms with Gasteiger partial charge in [-0.1, -0.05) is 6.07 Å². The fourth-order valence-electron chi connectivity index (χ4n) is 3.52. The van der Waals surface area contributed by atoms with Crippen LogP contribution in [0.5, 0.6) is 5.75 Å². The second-order valence-corrected chi connectivity index (χ2v) is 10.9. The summed E-state index contributed by atoms with van der Waals surface area (Å²) in [5.74, 6) is 0.401. The third-order valence-electron chi connectivity index (χ3n) is 4.74. The predicted molar refractivity (Wildman–Crippen MR) is 131 cm³/mol. The van der Waals surface area contributed by atoms with Crippen molar-refractivity contribution in [2.75, 3.05) is 23.0 Å². The molecular weight excluding hydrogens is 520 g/mol. The van der Waals surface area contributed by atoms with E-state index in [1.807, 2.05) is 34.5 Å². The standard InChI is InChI=1S/C20H19BrN4O3S3/c1-28-16-10-13(6-7-14(16)24-31(2,26)27)25-19(17-9-12(21)11-30-17)18(23-20(25)29)15-5-3-4-8-22-15/h3-11,18-19,24H,1-2H3,(H,23,29)/t18-,19-/m0/s1. The van der Waals surface area contributed by atoms with Crippen molar-refractivity contribution in [3.05, 3.63) is 69.1 Å². The van der Waals surface area contributed by atoms with Crippen LogP contribution in [-0.4, -0.2) is 31.9 Å². The predicted octanol–water partition coefficient (Wildman–Crippen LogP) is 4.46. The Morgan fingerprint density at radius 1 is 1.29 bits per heavy atom. The molecule has 0 saturated carbocycles. The lowest BCUT2D eigenvalue weighted by atomic mass is 10.0. The molecule has 1 aliphatic heterocycles. The zero-order chi connectivity index (χ0) is 22.2. The topological polar surface area (TPSA) is 83.6 Å². The van der Waals surface area contributed by atoms with E-state index in [9.17, 15) is 8.42 Å². The lowest BCUT2D eigenvalue weighted by Crippen LogP contribution is -2.29. The fourth-order valence-corrected chi connectivity index (χ4v) is 6.00. The molecule has 0 spiro atoms. The Balaban J connectivity index is 1.79. The summed E-state index contributed by atoms with van der Waals surface area (Å²) in [5.41, 5.74) is 2.02. The number of thiocarbonyl (C=S) groups is 1. The SMILES string of the molecule is COc1cc(N2C(=S)N[C@@H](c3ccccn3)[C@@H]2c2cc(Br)cs2)ccc1NS(C)(=O)=O. The van der Waals surface area contributed by atoms with E-state index < -0.39 is 10.0 Å². The van der Waals surface area contributed by atoms with Gasteiger partial charge >= 0.3 is 0 Å². The molecule has 11 heteroatoms. The third-order valence-corrected chi connectivity index (χ3v) is 7.41. The van der Waals surface area contributed by atoms with Crippen molar-refractivity contribution in [2.24, 2.45) is 0 Å². The van der Waals surface area contributed by atoms with Gasteiger partial charge in [0.1, 0.15) is 5.75 Å². The number of methoxy groups -OCH3 is 1. The molecule has 0 unspecified atom stereocenters. The van der Waals surface area contributed by atoms with Crippen molar-refractivity contribution >= 4 is 66.0 Å². The summed E-state index contributed by atoms with van der Waals surface area (Å²) in [6.45, 7) is 0. The van der Waals surface area contributed by atoms with Gasteiger partial charge in [0, 0.05) is 32.7 Å². The van der Waals surface area contributed by atoms with Gasteiger partial charge in [-0.25, -0.2) is 8.42 Å². The maximum absolute atomic E-state index is 11.7. The molecular formula is C20H19BrN4O3S3. The smallest absolute Gasteiger partial charge is 0.229 e. The highest BCUT2D eigenvalue weighted by atomic mass is 79.9. The van der Waals surface area contributed by atoms with Gasteiger partial charge in [0.25, 0.3) is 0 Å². The zero-order valence-corrected chi connectivity index (χ0v) is 20.6. The van der Waals surface area contributed by atoms with Crippen molar-refractivity contribution in [1.82, 2.24) is 10.3 Å². The highest BCUT2D eigenvalue weighted by molar-refractivity contribution is 9.10. The normalized spacial score (nSPS) is 18.7. The number of nitrogens with zero attached hydrogens (tertiary/aromatic N) is 2. The lowest BCUT2D eigenvalue weighted by Gasteiger charge is -2.27. The van der Waals surface area contributed by atoms with E-state index >= 15 is 0 Å². The minimum absolute atomic E-state index is 0.142. The Labute approximate surface area is 198 Å². The fraction of sp³-hybridized carbons (Fsp3) is 0.200. The summed E-state index contributed by atoms with van der Waals surface area (Å²) in [6, 6.07) is 12.8. The van der Waals surface area contributed by atoms with E-state index in [-0.39, 0.29) is 12.1 Å². The zero-order valence-electron chi connectivity index (χ0n) is 16.6. The number of aromatic nitrogens is 1. The van der Waals surface area contributed by atoms with E-state index in [4.69, 9.17) is 17.0 Å². The molecule has 0 radical (unpaired) electrons. The summed E-state index contributed by atoms with van der Waals surface area (Å²) in [7, 11) is -1.94. The number of hydrogen-bond donors (Lipinski definition) is 2. The van der Waals surface area contributed by atoms with Crippen LogP contribution < -0.4 is 19.7 Å². The van der Waals surface area contributed by atoms with Gasteiger partial charge in [-0.05, 0) is 58.5 Å². The quantitative estimate of drug-likeness (QED) is 0.448. The minimum atomic E-state index is -3.44. The van der Waals surface area contributed by atoms with Crippen molar-refractivity contribution in [1.29, 1.82) is 0 Å². The highest BCUT2D eigenvalue weighted by Gasteiger charge is 2.41. The molecule has 0 aliphatic carbocycles. The number of ether oxygens (including phenoxy) is 1. The Morgan fingerprint density at radius 2 is 2.10 bits per heavy atom. The van der Waals surface area contributed by atoms with Gasteiger partial charge in [0.15, 0.2) is 5.11 Å². The third kappa shape index (κ3) is 4.69. The molecule has 1 aliphatic rings. The van der Waals surface area contributed by atoms with Gasteiger partial charge in [-0.2, -0.15) is 0 Å². The molecule has 162 valence electrons. The molecule has 3 heterocycles. The van der Waals surface area contributed by atoms with Crippen LogP contribution in [0, 0.1) is 0 Å². The van der Waals surface area contributed by atoms with Gasteiger partial charge in [-0.3, -0.25) is 9.71 Å². The van der Waals surface area contributed by atoms with Crippen LogP contribution in [0.4, 0.5) is 11.4 Å². The van der Waals surface area contributed by atoms with Crippen molar-refractivity contribution in [3.63, 3.8) is 0 Å². The van der Waals surface area contributed by atoms with E-state index in [0.29, 0.717) is 16.5 Å². The molecule has 31 heavy (non-hydrogen) atoms. The maximum atomic E-state index is 11.7. The molecule has 7 nitrogen and oxygen atoms in total. The summed E-state index contributed by atoms with van der Waals surface area (Å²) in [5, 5.41) is 5.98. The first-order valence-corrected chi connectivity index (χ1v) is 13.1. The molecule has 0 bridgehead atoms. The van der Waals surface area contributed by atoms with Gasteiger partial charge in [-0.15, -0.1) is 11.3 Å². The number of nitrogens with one attached hydrogen (secondary N) is 2. The molecule has 2 N–H and O–H groups in total. The summed E-state index contributed by atoms with van der Waals surface area (Å²) < 4.78 is 32.3. The first-order chi connectivity index (χ1) is 14.8. The van der Waals surface area contributed by atoms with Crippen LogP contribution in [-0.2, 0) is 10.0 Å². The Kier molecular flexibility index (Phi) is 6.20. The first kappa shape index (κ1) is 22.0. The molecule has 1 fully saturated rings. The molecule has 3 aromatic rings. The van der Waals surface area contributed by atoms with E-state index in [2.05, 4.69) is 37.0 Å². The second-order valence-electron chi connectivity index (χ2n) is 6.92. The number of anilines is 2. The van der Waals surface area contributed by atoms with Crippen LogP contribution in [0.1, 0.15) is 22.7 Å². The van der Waals surface area contributed by atoms with Crippen LogP contribution in [0.25, 0.3) is 0 Å². The van der Waals surface area contributed by atoms with Crippen LogP contribution in [0.2, 0.25) is 0 Å². The van der Waals surface area contributed by atoms with Gasteiger partial charge in [0.2, 0.25) is 10.0 Å². The number of thiophene rings is 1. The first-order valence-electron chi connectivity index (χ1n) is 9.17. The number of hydrogen-bond acceptors (Lipinski definition) is 6. The maximum Gasteiger partial charge on any atom is 0.229 e. The largest absolute Gasteiger partial charge is 0.494 e. The van der Waals surface area contributed by atoms with E-state index in [1.54, 1.807) is 29.7 Å². The molecule has 2 aromatic heterocycles. The molecule has 2 atom stereocenters. The number of rotatable bonds is 6. The Bertz CT molecular complexity index is 1220. The monoisotopic (exact) mass is 538 g/mol. The lowest BCUT2D eigenvalue weighted by molar-refractivity contribution is 0.417. The summed E-state index contributed by atoms with van der Waals surface area (Å²) >= 11 is 10.9. The van der Waals surface area contributed by atoms with Crippen LogP contribution in [0.15, 0.2) is 58.5 Å². The molecule has 0 amide bonds. The van der Waals surface area contributed by atoms with E-state index in [1.165, 1.54) is 7.11 Å². The van der Waals surface area contributed by atoms with E-state index in [0.717, 1.165) is 27.0 Å². The Hall–Kier alpha value is -2.21. The van der Waals surface area contributed by atoms with Crippen molar-refractivity contribution in [2.45, 2.75) is 12.1 Å². The minimum Gasteiger partial charge on any atom is -0.494 e. The number of sulfonamides is 1. The van der Waals surface area contributed by atoms with Gasteiger partial charge < -0.3 is 15.0 Å². The molecule has 1 aromatic carbocycles. The van der Waals surface area contributed by atoms with Crippen molar-refractivity contribution in [3.8, 4) is 5.75 Å². The molecule has 4 rings (SSSR count). The second kappa shape index (κ2) is 8.73. The van der Waals surface area contributed by atoms with Crippen LogP contribution >= 0.6 is 39.5 Å². The Morgan fingerprint density at radius 3 is 2.71 bits per heavy atom. The average Bonchev–Trinajstić information content (AvgIpc) is 3.30. The van der Waals surface area contributed by atoms with Crippen LogP contribution in [0.3, 0.4) is 0 Å². The number of halogens is 1. The van der Waals surface area contributed by atoms with Gasteiger partial charge in [0.05, 0.1) is 36.8 Å². The summed E-state index contributed by atoms with van der Waals surface area (Å²) in [6.07, 6.45) is 2.86. The number of benzene rings is 1. The highest BCUT2D eigenvalue weighted by Crippen LogP contribution is 2.45. The van der Waals surface area contributed by atoms with Crippen molar-refractivity contribution < 1.29 is 13.2 Å². The summed E-state index contributed by atoms with van der Waals surface area (Å²) in [4.78, 5) is 7.65. The molecule has 1 saturated heterocycles. The number of pyridine rings is 1. The average molecular weight is 540 g/mol.